The smallest absolute Gasteiger partial charge is 0.329 e. The number of benzene rings is 1. The average molecular weight is 296 g/mol. The van der Waals surface area contributed by atoms with Crippen molar-refractivity contribution in [1.82, 2.24) is 4.90 Å². The highest BCUT2D eigenvalue weighted by Gasteiger charge is 2.36. The summed E-state index contributed by atoms with van der Waals surface area (Å²) in [6.45, 7) is 3.95. The molecule has 0 atom stereocenters. The summed E-state index contributed by atoms with van der Waals surface area (Å²) in [5.41, 5.74) is -1.54. The zero-order valence-corrected chi connectivity index (χ0v) is 12.2. The first kappa shape index (κ1) is 16.6. The molecule has 0 heterocycles. The van der Waals surface area contributed by atoms with E-state index >= 15 is 0 Å². The van der Waals surface area contributed by atoms with Crippen molar-refractivity contribution in [3.8, 4) is 0 Å². The standard InChI is InChI=1S/C14H17FN2O4/c1-8(18)16-9-5-6-11(15)10(7-9)12(19)17(4)14(2,3)13(20)21/h5-7H,1-4H3,(H,16,18)(H,20,21). The summed E-state index contributed by atoms with van der Waals surface area (Å²) in [6.07, 6.45) is 0. The van der Waals surface area contributed by atoms with E-state index < -0.39 is 23.2 Å². The van der Waals surface area contributed by atoms with E-state index in [0.29, 0.717) is 0 Å². The van der Waals surface area contributed by atoms with Crippen LogP contribution in [0.1, 0.15) is 31.1 Å². The van der Waals surface area contributed by atoms with Gasteiger partial charge < -0.3 is 15.3 Å². The van der Waals surface area contributed by atoms with Crippen LogP contribution in [0.5, 0.6) is 0 Å². The first-order chi connectivity index (χ1) is 9.57. The molecule has 1 aromatic rings. The summed E-state index contributed by atoms with van der Waals surface area (Å²) in [4.78, 5) is 35.3. The van der Waals surface area contributed by atoms with Crippen molar-refractivity contribution in [3.05, 3.63) is 29.6 Å². The molecule has 0 aromatic heterocycles. The highest BCUT2D eigenvalue weighted by Crippen LogP contribution is 2.21. The second kappa shape index (κ2) is 5.90. The third-order valence-corrected chi connectivity index (χ3v) is 3.18. The van der Waals surface area contributed by atoms with Gasteiger partial charge in [-0.3, -0.25) is 9.59 Å². The Hall–Kier alpha value is -2.44. The number of rotatable bonds is 4. The van der Waals surface area contributed by atoms with Gasteiger partial charge in [0.1, 0.15) is 11.4 Å². The molecule has 0 radical (unpaired) electrons. The van der Waals surface area contributed by atoms with Gasteiger partial charge in [0, 0.05) is 19.7 Å². The number of nitrogens with zero attached hydrogens (tertiary/aromatic N) is 1. The number of hydrogen-bond acceptors (Lipinski definition) is 3. The molecule has 0 bridgehead atoms. The number of amides is 2. The first-order valence-electron chi connectivity index (χ1n) is 6.16. The largest absolute Gasteiger partial charge is 0.480 e. The number of anilines is 1. The van der Waals surface area contributed by atoms with E-state index in [1.54, 1.807) is 0 Å². The molecule has 0 saturated carbocycles. The molecular formula is C14H17FN2O4. The Morgan fingerprint density at radius 3 is 2.33 bits per heavy atom. The third kappa shape index (κ3) is 3.56. The van der Waals surface area contributed by atoms with Gasteiger partial charge in [0.15, 0.2) is 0 Å². The normalized spacial score (nSPS) is 10.9. The molecule has 0 fully saturated rings. The Bertz CT molecular complexity index is 599. The molecule has 0 aliphatic rings. The van der Waals surface area contributed by atoms with Crippen molar-refractivity contribution in [1.29, 1.82) is 0 Å². The molecule has 1 rings (SSSR count). The fourth-order valence-corrected chi connectivity index (χ4v) is 1.55. The molecule has 0 aliphatic heterocycles. The predicted molar refractivity (Wildman–Crippen MR) is 74.5 cm³/mol. The van der Waals surface area contributed by atoms with Gasteiger partial charge in [0.2, 0.25) is 5.91 Å². The molecule has 114 valence electrons. The Balaban J connectivity index is 3.17. The minimum absolute atomic E-state index is 0.258. The molecule has 0 saturated heterocycles. The van der Waals surface area contributed by atoms with Crippen LogP contribution in [-0.4, -0.2) is 40.4 Å². The van der Waals surface area contributed by atoms with Crippen molar-refractivity contribution in [2.24, 2.45) is 0 Å². The second-order valence-electron chi connectivity index (χ2n) is 5.10. The van der Waals surface area contributed by atoms with Gasteiger partial charge in [-0.25, -0.2) is 9.18 Å². The average Bonchev–Trinajstić information content (AvgIpc) is 2.38. The molecule has 7 heteroatoms. The van der Waals surface area contributed by atoms with E-state index in [0.717, 1.165) is 11.0 Å². The van der Waals surface area contributed by atoms with Crippen molar-refractivity contribution >= 4 is 23.5 Å². The highest BCUT2D eigenvalue weighted by molar-refractivity contribution is 5.99. The van der Waals surface area contributed by atoms with E-state index in [2.05, 4.69) is 5.32 Å². The number of carbonyl (C=O) groups excluding carboxylic acids is 2. The van der Waals surface area contributed by atoms with E-state index in [9.17, 15) is 18.8 Å². The van der Waals surface area contributed by atoms with Crippen molar-refractivity contribution in [3.63, 3.8) is 0 Å². The monoisotopic (exact) mass is 296 g/mol. The number of likely N-dealkylation sites (N-methyl/N-ethyl adjacent to an activating group) is 1. The number of halogens is 1. The van der Waals surface area contributed by atoms with Gasteiger partial charge in [-0.05, 0) is 32.0 Å². The van der Waals surface area contributed by atoms with Gasteiger partial charge in [-0.15, -0.1) is 0 Å². The minimum atomic E-state index is -1.49. The number of carboxylic acids is 1. The summed E-state index contributed by atoms with van der Waals surface area (Å²) in [7, 11) is 1.28. The predicted octanol–water partition coefficient (Wildman–Crippen LogP) is 1.72. The van der Waals surface area contributed by atoms with E-state index in [-0.39, 0.29) is 17.2 Å². The molecule has 1 aromatic carbocycles. The minimum Gasteiger partial charge on any atom is -0.480 e. The lowest BCUT2D eigenvalue weighted by Gasteiger charge is -2.31. The highest BCUT2D eigenvalue weighted by atomic mass is 19.1. The van der Waals surface area contributed by atoms with Crippen LogP contribution in [0.15, 0.2) is 18.2 Å². The summed E-state index contributed by atoms with van der Waals surface area (Å²) in [6, 6.07) is 3.53. The zero-order chi connectivity index (χ0) is 16.4. The summed E-state index contributed by atoms with van der Waals surface area (Å²) in [5.74, 6) is -3.15. The Morgan fingerprint density at radius 2 is 1.86 bits per heavy atom. The van der Waals surface area contributed by atoms with Gasteiger partial charge in [0.05, 0.1) is 5.56 Å². The molecular weight excluding hydrogens is 279 g/mol. The molecule has 2 N–H and O–H groups in total. The molecule has 6 nitrogen and oxygen atoms in total. The number of carbonyl (C=O) groups is 3. The summed E-state index contributed by atoms with van der Waals surface area (Å²) in [5, 5.41) is 11.5. The van der Waals surface area contributed by atoms with Crippen LogP contribution in [0, 0.1) is 5.82 Å². The number of nitrogens with one attached hydrogen (secondary N) is 1. The van der Waals surface area contributed by atoms with Crippen LogP contribution in [0.3, 0.4) is 0 Å². The fraction of sp³-hybridized carbons (Fsp3) is 0.357. The maximum absolute atomic E-state index is 13.8. The maximum atomic E-state index is 13.8. The van der Waals surface area contributed by atoms with Gasteiger partial charge in [0.25, 0.3) is 5.91 Å². The first-order valence-corrected chi connectivity index (χ1v) is 6.16. The molecule has 0 spiro atoms. The molecule has 21 heavy (non-hydrogen) atoms. The third-order valence-electron chi connectivity index (χ3n) is 3.18. The van der Waals surface area contributed by atoms with Crippen molar-refractivity contribution in [2.75, 3.05) is 12.4 Å². The van der Waals surface area contributed by atoms with Crippen LogP contribution in [0.4, 0.5) is 10.1 Å². The van der Waals surface area contributed by atoms with E-state index in [1.807, 2.05) is 0 Å². The van der Waals surface area contributed by atoms with Gasteiger partial charge >= 0.3 is 5.97 Å². The van der Waals surface area contributed by atoms with Crippen molar-refractivity contribution in [2.45, 2.75) is 26.3 Å². The molecule has 0 aliphatic carbocycles. The summed E-state index contributed by atoms with van der Waals surface area (Å²) >= 11 is 0. The lowest BCUT2D eigenvalue weighted by Crippen LogP contribution is -2.50. The van der Waals surface area contributed by atoms with Crippen LogP contribution < -0.4 is 5.32 Å². The summed E-state index contributed by atoms with van der Waals surface area (Å²) < 4.78 is 13.8. The lowest BCUT2D eigenvalue weighted by atomic mass is 10.0. The fourth-order valence-electron chi connectivity index (χ4n) is 1.55. The lowest BCUT2D eigenvalue weighted by molar-refractivity contribution is -0.147. The second-order valence-corrected chi connectivity index (χ2v) is 5.10. The maximum Gasteiger partial charge on any atom is 0.329 e. The molecule has 0 unspecified atom stereocenters. The Morgan fingerprint density at radius 1 is 1.29 bits per heavy atom. The molecule has 2 amide bonds. The topological polar surface area (TPSA) is 86.7 Å². The van der Waals surface area contributed by atoms with Crippen molar-refractivity contribution < 1.29 is 23.9 Å². The quantitative estimate of drug-likeness (QED) is 0.885. The van der Waals surface area contributed by atoms with Gasteiger partial charge in [-0.2, -0.15) is 0 Å². The zero-order valence-electron chi connectivity index (χ0n) is 12.2. The van der Waals surface area contributed by atoms with Gasteiger partial charge in [-0.1, -0.05) is 0 Å². The van der Waals surface area contributed by atoms with Crippen LogP contribution in [-0.2, 0) is 9.59 Å². The number of aliphatic carboxylic acids is 1. The Kier molecular flexibility index (Phi) is 4.67. The SMILES string of the molecule is CC(=O)Nc1ccc(F)c(C(=O)N(C)C(C)(C)C(=O)O)c1. The van der Waals surface area contributed by atoms with Crippen LogP contribution in [0.25, 0.3) is 0 Å². The number of hydrogen-bond donors (Lipinski definition) is 2. The van der Waals surface area contributed by atoms with E-state index in [1.165, 1.54) is 40.0 Å². The Labute approximate surface area is 121 Å². The van der Waals surface area contributed by atoms with Crippen LogP contribution in [0.2, 0.25) is 0 Å². The van der Waals surface area contributed by atoms with Crippen LogP contribution >= 0.6 is 0 Å². The van der Waals surface area contributed by atoms with E-state index in [4.69, 9.17) is 5.11 Å². The number of carboxylic acid groups (broad SMARTS) is 1.